The van der Waals surface area contributed by atoms with Crippen molar-refractivity contribution in [3.63, 3.8) is 0 Å². The Balaban J connectivity index is 2.20. The number of ketones is 1. The van der Waals surface area contributed by atoms with E-state index in [2.05, 4.69) is 4.74 Å². The molecule has 3 atom stereocenters. The number of ether oxygens (including phenoxy) is 2. The first-order chi connectivity index (χ1) is 6.65. The fourth-order valence-corrected chi connectivity index (χ4v) is 2.20. The Bertz CT molecular complexity index is 278. The Morgan fingerprint density at radius 1 is 1.64 bits per heavy atom. The van der Waals surface area contributed by atoms with Crippen LogP contribution in [0, 0.1) is 5.92 Å². The molecule has 0 saturated carbocycles. The van der Waals surface area contributed by atoms with Crippen LogP contribution in [0.3, 0.4) is 0 Å². The van der Waals surface area contributed by atoms with Crippen LogP contribution in [0.25, 0.3) is 0 Å². The van der Waals surface area contributed by atoms with Crippen molar-refractivity contribution in [1.29, 1.82) is 0 Å². The van der Waals surface area contributed by atoms with Crippen LogP contribution in [0.15, 0.2) is 0 Å². The first kappa shape index (κ1) is 9.45. The summed E-state index contributed by atoms with van der Waals surface area (Å²) in [5.74, 6) is 0.176. The largest absolute Gasteiger partial charge is 0.453 e. The molecule has 2 aliphatic heterocycles. The number of hydrogen-bond acceptors (Lipinski definition) is 4. The van der Waals surface area contributed by atoms with Crippen molar-refractivity contribution in [2.75, 3.05) is 20.3 Å². The molecule has 2 fully saturated rings. The van der Waals surface area contributed by atoms with Crippen molar-refractivity contribution >= 4 is 11.9 Å². The lowest BCUT2D eigenvalue weighted by atomic mass is 10.0. The van der Waals surface area contributed by atoms with Gasteiger partial charge in [-0.05, 0) is 0 Å². The number of carbonyl (C=O) groups excluding carboxylic acids is 2. The molecule has 78 valence electrons. The fourth-order valence-electron chi connectivity index (χ4n) is 2.20. The zero-order valence-corrected chi connectivity index (χ0v) is 8.23. The topological polar surface area (TPSA) is 55.8 Å². The summed E-state index contributed by atoms with van der Waals surface area (Å²) in [6.45, 7) is 2.63. The van der Waals surface area contributed by atoms with Gasteiger partial charge in [0.2, 0.25) is 0 Å². The van der Waals surface area contributed by atoms with Crippen molar-refractivity contribution in [1.82, 2.24) is 4.90 Å². The number of amides is 1. The van der Waals surface area contributed by atoms with Gasteiger partial charge in [0.25, 0.3) is 0 Å². The van der Waals surface area contributed by atoms with Crippen molar-refractivity contribution in [2.45, 2.75) is 19.1 Å². The van der Waals surface area contributed by atoms with E-state index in [0.29, 0.717) is 6.54 Å². The van der Waals surface area contributed by atoms with Crippen LogP contribution >= 0.6 is 0 Å². The second-order valence-electron chi connectivity index (χ2n) is 3.79. The lowest BCUT2D eigenvalue weighted by molar-refractivity contribution is -0.121. The summed E-state index contributed by atoms with van der Waals surface area (Å²) in [6, 6.07) is -0.419. The number of likely N-dealkylation sites (tertiary alicyclic amines) is 1. The molecular formula is C9H13NO4. The number of carbonyl (C=O) groups is 2. The average molecular weight is 199 g/mol. The van der Waals surface area contributed by atoms with Crippen molar-refractivity contribution in [3.8, 4) is 0 Å². The maximum atomic E-state index is 11.5. The van der Waals surface area contributed by atoms with Crippen LogP contribution in [-0.2, 0) is 14.3 Å². The third kappa shape index (κ3) is 1.19. The molecule has 1 amide bonds. The number of Topliss-reactive ketones (excluding diaryl/α,β-unsaturated/α-hetero) is 1. The maximum absolute atomic E-state index is 11.5. The van der Waals surface area contributed by atoms with Crippen LogP contribution in [0.2, 0.25) is 0 Å². The number of rotatable bonds is 0. The van der Waals surface area contributed by atoms with Gasteiger partial charge in [0.15, 0.2) is 5.78 Å². The van der Waals surface area contributed by atoms with E-state index >= 15 is 0 Å². The molecule has 0 aromatic rings. The van der Waals surface area contributed by atoms with E-state index in [9.17, 15) is 9.59 Å². The molecule has 0 radical (unpaired) electrons. The van der Waals surface area contributed by atoms with Crippen LogP contribution in [0.1, 0.15) is 6.92 Å². The van der Waals surface area contributed by atoms with Gasteiger partial charge in [0, 0.05) is 12.5 Å². The Labute approximate surface area is 82.0 Å². The Morgan fingerprint density at radius 2 is 2.36 bits per heavy atom. The summed E-state index contributed by atoms with van der Waals surface area (Å²) in [6.07, 6.45) is -0.579. The molecule has 5 nitrogen and oxygen atoms in total. The molecule has 0 bridgehead atoms. The lowest BCUT2D eigenvalue weighted by Crippen LogP contribution is -2.41. The van der Waals surface area contributed by atoms with Crippen molar-refractivity contribution in [3.05, 3.63) is 0 Å². The Hall–Kier alpha value is -1.10. The molecule has 0 aromatic heterocycles. The second-order valence-corrected chi connectivity index (χ2v) is 3.79. The van der Waals surface area contributed by atoms with Gasteiger partial charge in [-0.1, -0.05) is 6.92 Å². The van der Waals surface area contributed by atoms with E-state index in [1.165, 1.54) is 12.0 Å². The highest BCUT2D eigenvalue weighted by atomic mass is 16.5. The molecule has 2 rings (SSSR count). The molecule has 5 heteroatoms. The Kier molecular flexibility index (Phi) is 2.19. The van der Waals surface area contributed by atoms with Crippen molar-refractivity contribution < 1.29 is 19.1 Å². The monoisotopic (exact) mass is 199 g/mol. The third-order valence-electron chi connectivity index (χ3n) is 2.85. The van der Waals surface area contributed by atoms with Gasteiger partial charge in [-0.3, -0.25) is 9.69 Å². The minimum absolute atomic E-state index is 0.0234. The summed E-state index contributed by atoms with van der Waals surface area (Å²) in [5, 5.41) is 0. The van der Waals surface area contributed by atoms with E-state index in [1.54, 1.807) is 0 Å². The number of hydrogen-bond donors (Lipinski definition) is 0. The second kappa shape index (κ2) is 3.24. The smallest absolute Gasteiger partial charge is 0.410 e. The molecule has 2 heterocycles. The van der Waals surface area contributed by atoms with Gasteiger partial charge in [-0.25, -0.2) is 4.79 Å². The zero-order chi connectivity index (χ0) is 10.3. The highest BCUT2D eigenvalue weighted by Crippen LogP contribution is 2.31. The van der Waals surface area contributed by atoms with Crippen molar-refractivity contribution in [2.24, 2.45) is 5.92 Å². The minimum Gasteiger partial charge on any atom is -0.453 e. The Morgan fingerprint density at radius 3 is 3.00 bits per heavy atom. The van der Waals surface area contributed by atoms with E-state index in [-0.39, 0.29) is 24.4 Å². The predicted octanol–water partition coefficient (Wildman–Crippen LogP) is 0.0410. The average Bonchev–Trinajstić information content (AvgIpc) is 2.69. The lowest BCUT2D eigenvalue weighted by Gasteiger charge is -2.19. The fraction of sp³-hybridized carbons (Fsp3) is 0.778. The van der Waals surface area contributed by atoms with Crippen LogP contribution in [0.4, 0.5) is 4.79 Å². The van der Waals surface area contributed by atoms with Gasteiger partial charge >= 0.3 is 6.09 Å². The first-order valence-corrected chi connectivity index (χ1v) is 4.64. The standard InChI is InChI=1S/C9H13NO4/c1-5-3-10(9(12)13-2)7-6(11)4-14-8(5)7/h5,7-8H,3-4H2,1-2H3. The van der Waals surface area contributed by atoms with E-state index < -0.39 is 12.1 Å². The van der Waals surface area contributed by atoms with Gasteiger partial charge < -0.3 is 9.47 Å². The normalized spacial score (nSPS) is 36.0. The third-order valence-corrected chi connectivity index (χ3v) is 2.85. The van der Waals surface area contributed by atoms with E-state index in [1.807, 2.05) is 6.92 Å². The van der Waals surface area contributed by atoms with Gasteiger partial charge in [0.1, 0.15) is 12.6 Å². The molecule has 0 N–H and O–H groups in total. The highest BCUT2D eigenvalue weighted by Gasteiger charge is 2.50. The maximum Gasteiger partial charge on any atom is 0.410 e. The van der Waals surface area contributed by atoms with E-state index in [4.69, 9.17) is 4.74 Å². The first-order valence-electron chi connectivity index (χ1n) is 4.64. The summed E-state index contributed by atoms with van der Waals surface area (Å²) >= 11 is 0. The van der Waals surface area contributed by atoms with Crippen LogP contribution in [0.5, 0.6) is 0 Å². The molecule has 0 spiro atoms. The van der Waals surface area contributed by atoms with Crippen LogP contribution < -0.4 is 0 Å². The summed E-state index contributed by atoms with van der Waals surface area (Å²) in [4.78, 5) is 24.3. The molecular weight excluding hydrogens is 186 g/mol. The predicted molar refractivity (Wildman–Crippen MR) is 46.8 cm³/mol. The molecule has 14 heavy (non-hydrogen) atoms. The molecule has 2 saturated heterocycles. The molecule has 2 aliphatic rings. The quantitative estimate of drug-likeness (QED) is 0.552. The number of fused-ring (bicyclic) bond motifs is 1. The minimum atomic E-state index is -0.441. The van der Waals surface area contributed by atoms with Gasteiger partial charge in [-0.2, -0.15) is 0 Å². The van der Waals surface area contributed by atoms with E-state index in [0.717, 1.165) is 0 Å². The summed E-state index contributed by atoms with van der Waals surface area (Å²) in [7, 11) is 1.32. The number of methoxy groups -OCH3 is 1. The highest BCUT2D eigenvalue weighted by molar-refractivity contribution is 5.91. The van der Waals surface area contributed by atoms with Crippen LogP contribution in [-0.4, -0.2) is 49.2 Å². The summed E-state index contributed by atoms with van der Waals surface area (Å²) < 4.78 is 9.95. The molecule has 3 unspecified atom stereocenters. The van der Waals surface area contributed by atoms with Gasteiger partial charge in [-0.15, -0.1) is 0 Å². The molecule has 0 aliphatic carbocycles. The SMILES string of the molecule is COC(=O)N1CC(C)C2OCC(=O)C21. The zero-order valence-electron chi connectivity index (χ0n) is 8.23. The molecule has 0 aromatic carbocycles. The number of nitrogens with zero attached hydrogens (tertiary/aromatic N) is 1. The van der Waals surface area contributed by atoms with Gasteiger partial charge in [0.05, 0.1) is 13.2 Å². The summed E-state index contributed by atoms with van der Waals surface area (Å²) in [5.41, 5.74) is 0.